The van der Waals surface area contributed by atoms with Gasteiger partial charge in [0.05, 0.1) is 0 Å². The van der Waals surface area contributed by atoms with E-state index in [1.54, 1.807) is 11.8 Å². The summed E-state index contributed by atoms with van der Waals surface area (Å²) in [4.78, 5) is 27.3. The van der Waals surface area contributed by atoms with Gasteiger partial charge in [-0.1, -0.05) is 67.1 Å². The highest BCUT2D eigenvalue weighted by atomic mass is 35.5. The topological polar surface area (TPSA) is 49.4 Å². The van der Waals surface area contributed by atoms with E-state index in [-0.39, 0.29) is 17.9 Å². The third-order valence-electron chi connectivity index (χ3n) is 4.93. The summed E-state index contributed by atoms with van der Waals surface area (Å²) in [6, 6.07) is 16.8. The smallest absolute Gasteiger partial charge is 0.242 e. The van der Waals surface area contributed by atoms with Gasteiger partial charge in [-0.2, -0.15) is 0 Å². The number of amides is 2. The van der Waals surface area contributed by atoms with E-state index in [4.69, 9.17) is 11.6 Å². The van der Waals surface area contributed by atoms with Crippen LogP contribution >= 0.6 is 11.6 Å². The standard InChI is InChI=1S/C23H29ClN2O2/c1-4-17(2)25-23(28)18(3)26(16-19-10-6-5-7-11-19)22(27)15-14-20-12-8-9-13-21(20)24/h5-13,17-18H,4,14-16H2,1-3H3,(H,25,28)/t17-,18+/m0/s1. The second-order valence-electron chi connectivity index (χ2n) is 7.09. The minimum Gasteiger partial charge on any atom is -0.352 e. The quantitative estimate of drug-likeness (QED) is 0.668. The Morgan fingerprint density at radius 1 is 1.04 bits per heavy atom. The van der Waals surface area contributed by atoms with Gasteiger partial charge in [-0.05, 0) is 43.9 Å². The fraction of sp³-hybridized carbons (Fsp3) is 0.391. The van der Waals surface area contributed by atoms with Crippen molar-refractivity contribution in [3.63, 3.8) is 0 Å². The zero-order chi connectivity index (χ0) is 20.5. The maximum atomic E-state index is 13.0. The zero-order valence-electron chi connectivity index (χ0n) is 16.8. The second kappa shape index (κ2) is 10.9. The van der Waals surface area contributed by atoms with Crippen LogP contribution in [0.3, 0.4) is 0 Å². The van der Waals surface area contributed by atoms with Gasteiger partial charge in [0.2, 0.25) is 11.8 Å². The summed E-state index contributed by atoms with van der Waals surface area (Å²) in [5, 5.41) is 3.64. The Labute approximate surface area is 172 Å². The number of carbonyl (C=O) groups is 2. The SMILES string of the molecule is CC[C@H](C)NC(=O)[C@@H](C)N(Cc1ccccc1)C(=O)CCc1ccccc1Cl. The molecule has 150 valence electrons. The van der Waals surface area contributed by atoms with Crippen molar-refractivity contribution in [3.05, 3.63) is 70.7 Å². The minimum atomic E-state index is -0.548. The minimum absolute atomic E-state index is 0.0597. The van der Waals surface area contributed by atoms with Gasteiger partial charge < -0.3 is 10.2 Å². The summed E-state index contributed by atoms with van der Waals surface area (Å²) in [5.74, 6) is -0.188. The lowest BCUT2D eigenvalue weighted by molar-refractivity contribution is -0.140. The van der Waals surface area contributed by atoms with Crippen molar-refractivity contribution in [3.8, 4) is 0 Å². The average Bonchev–Trinajstić information content (AvgIpc) is 2.71. The number of rotatable bonds is 9. The first-order valence-corrected chi connectivity index (χ1v) is 10.2. The number of hydrogen-bond acceptors (Lipinski definition) is 2. The van der Waals surface area contributed by atoms with Crippen LogP contribution in [-0.4, -0.2) is 28.8 Å². The van der Waals surface area contributed by atoms with E-state index < -0.39 is 6.04 Å². The molecule has 0 saturated carbocycles. The summed E-state index contributed by atoms with van der Waals surface area (Å²) in [5.41, 5.74) is 1.94. The Kier molecular flexibility index (Phi) is 8.52. The third kappa shape index (κ3) is 6.38. The highest BCUT2D eigenvalue weighted by Crippen LogP contribution is 2.18. The summed E-state index contributed by atoms with van der Waals surface area (Å²) in [6.07, 6.45) is 1.69. The summed E-state index contributed by atoms with van der Waals surface area (Å²) < 4.78 is 0. The fourth-order valence-electron chi connectivity index (χ4n) is 2.91. The van der Waals surface area contributed by atoms with E-state index in [0.717, 1.165) is 17.5 Å². The number of hydrogen-bond donors (Lipinski definition) is 1. The van der Waals surface area contributed by atoms with E-state index >= 15 is 0 Å². The first-order chi connectivity index (χ1) is 13.4. The van der Waals surface area contributed by atoms with Crippen molar-refractivity contribution in [2.75, 3.05) is 0 Å². The highest BCUT2D eigenvalue weighted by molar-refractivity contribution is 6.31. The number of aryl methyl sites for hydroxylation is 1. The second-order valence-corrected chi connectivity index (χ2v) is 7.50. The molecule has 2 aromatic rings. The largest absolute Gasteiger partial charge is 0.352 e. The lowest BCUT2D eigenvalue weighted by Crippen LogP contribution is -2.49. The van der Waals surface area contributed by atoms with Gasteiger partial charge in [0.15, 0.2) is 0 Å². The van der Waals surface area contributed by atoms with Crippen LogP contribution in [0.5, 0.6) is 0 Å². The maximum absolute atomic E-state index is 13.0. The first-order valence-electron chi connectivity index (χ1n) is 9.79. The molecule has 0 fully saturated rings. The number of nitrogens with zero attached hydrogens (tertiary/aromatic N) is 1. The first kappa shape index (κ1) is 22.0. The van der Waals surface area contributed by atoms with Crippen LogP contribution in [0.15, 0.2) is 54.6 Å². The molecule has 0 aromatic heterocycles. The van der Waals surface area contributed by atoms with Gasteiger partial charge in [0, 0.05) is 24.0 Å². The summed E-state index contributed by atoms with van der Waals surface area (Å²) in [6.45, 7) is 6.17. The Morgan fingerprint density at radius 2 is 1.68 bits per heavy atom. The normalized spacial score (nSPS) is 12.9. The van der Waals surface area contributed by atoms with Crippen molar-refractivity contribution in [2.24, 2.45) is 0 Å². The lowest BCUT2D eigenvalue weighted by Gasteiger charge is -2.30. The van der Waals surface area contributed by atoms with E-state index in [0.29, 0.717) is 24.4 Å². The van der Waals surface area contributed by atoms with Gasteiger partial charge in [0.1, 0.15) is 6.04 Å². The molecule has 2 atom stereocenters. The van der Waals surface area contributed by atoms with Crippen LogP contribution in [0, 0.1) is 0 Å². The average molecular weight is 401 g/mol. The van der Waals surface area contributed by atoms with Gasteiger partial charge >= 0.3 is 0 Å². The molecule has 0 aliphatic rings. The van der Waals surface area contributed by atoms with Crippen LogP contribution in [0.1, 0.15) is 44.7 Å². The Hall–Kier alpha value is -2.33. The Balaban J connectivity index is 2.13. The van der Waals surface area contributed by atoms with Crippen LogP contribution < -0.4 is 5.32 Å². The van der Waals surface area contributed by atoms with Crippen molar-refractivity contribution in [1.82, 2.24) is 10.2 Å². The van der Waals surface area contributed by atoms with Crippen molar-refractivity contribution in [1.29, 1.82) is 0 Å². The molecule has 0 unspecified atom stereocenters. The number of carbonyl (C=O) groups excluding carboxylic acids is 2. The molecule has 0 saturated heterocycles. The van der Waals surface area contributed by atoms with Gasteiger partial charge in [-0.3, -0.25) is 9.59 Å². The molecule has 28 heavy (non-hydrogen) atoms. The van der Waals surface area contributed by atoms with Crippen molar-refractivity contribution < 1.29 is 9.59 Å². The third-order valence-corrected chi connectivity index (χ3v) is 5.30. The van der Waals surface area contributed by atoms with Gasteiger partial charge in [-0.25, -0.2) is 0 Å². The molecular weight excluding hydrogens is 372 g/mol. The van der Waals surface area contributed by atoms with E-state index in [1.165, 1.54) is 0 Å². The summed E-state index contributed by atoms with van der Waals surface area (Å²) in [7, 11) is 0. The van der Waals surface area contributed by atoms with Crippen molar-refractivity contribution in [2.45, 2.75) is 58.7 Å². The fourth-order valence-corrected chi connectivity index (χ4v) is 3.14. The zero-order valence-corrected chi connectivity index (χ0v) is 17.6. The lowest BCUT2D eigenvalue weighted by atomic mass is 10.1. The molecule has 0 radical (unpaired) electrons. The Morgan fingerprint density at radius 3 is 2.32 bits per heavy atom. The molecule has 2 aromatic carbocycles. The van der Waals surface area contributed by atoms with Crippen LogP contribution in [0.2, 0.25) is 5.02 Å². The number of benzene rings is 2. The predicted octanol–water partition coefficient (Wildman–Crippen LogP) is 4.60. The Bertz CT molecular complexity index is 779. The van der Waals surface area contributed by atoms with E-state index in [2.05, 4.69) is 5.32 Å². The number of nitrogens with one attached hydrogen (secondary N) is 1. The molecule has 2 rings (SSSR count). The molecule has 0 aliphatic heterocycles. The molecule has 0 spiro atoms. The monoisotopic (exact) mass is 400 g/mol. The van der Waals surface area contributed by atoms with Crippen LogP contribution in [0.4, 0.5) is 0 Å². The molecule has 4 nitrogen and oxygen atoms in total. The van der Waals surface area contributed by atoms with E-state index in [9.17, 15) is 9.59 Å². The highest BCUT2D eigenvalue weighted by Gasteiger charge is 2.26. The maximum Gasteiger partial charge on any atom is 0.242 e. The molecule has 0 heterocycles. The molecule has 0 aliphatic carbocycles. The molecular formula is C23H29ClN2O2. The molecule has 0 bridgehead atoms. The molecule has 2 amide bonds. The molecule has 1 N–H and O–H groups in total. The van der Waals surface area contributed by atoms with Crippen molar-refractivity contribution >= 4 is 23.4 Å². The van der Waals surface area contributed by atoms with Gasteiger partial charge in [-0.15, -0.1) is 0 Å². The van der Waals surface area contributed by atoms with Gasteiger partial charge in [0.25, 0.3) is 0 Å². The number of halogens is 1. The van der Waals surface area contributed by atoms with E-state index in [1.807, 2.05) is 68.4 Å². The predicted molar refractivity (Wildman–Crippen MR) is 114 cm³/mol. The van der Waals surface area contributed by atoms with Crippen LogP contribution in [-0.2, 0) is 22.6 Å². The van der Waals surface area contributed by atoms with Crippen LogP contribution in [0.25, 0.3) is 0 Å². The molecule has 5 heteroatoms. The summed E-state index contributed by atoms with van der Waals surface area (Å²) >= 11 is 6.21.